The van der Waals surface area contributed by atoms with Crippen molar-refractivity contribution in [2.24, 2.45) is 5.73 Å². The van der Waals surface area contributed by atoms with E-state index in [2.05, 4.69) is 0 Å². The molecule has 0 bridgehead atoms. The fraction of sp³-hybridized carbons (Fsp3) is 0.0714. The molecule has 1 aromatic carbocycles. The number of hydrogen-bond donors (Lipinski definition) is 1. The molecule has 2 N–H and O–H groups in total. The second-order valence-electron chi connectivity index (χ2n) is 4.25. The van der Waals surface area contributed by atoms with Gasteiger partial charge in [-0.05, 0) is 6.08 Å². The number of fused-ring (bicyclic) bond motifs is 1. The zero-order valence-corrected chi connectivity index (χ0v) is 9.75. The molecule has 1 aliphatic carbocycles. The zero-order chi connectivity index (χ0) is 13.6. The van der Waals surface area contributed by atoms with Crippen LogP contribution in [0, 0.1) is 0 Å². The average molecular weight is 255 g/mol. The predicted octanol–water partition coefficient (Wildman–Crippen LogP) is 0.760. The summed E-state index contributed by atoms with van der Waals surface area (Å²) in [5.74, 6) is -1.48. The Morgan fingerprint density at radius 1 is 1.11 bits per heavy atom. The standard InChI is InChI=1S/C14H9NO4/c15-14(18)13-10-9(5-6-19-13)11(16)7-3-1-2-4-8(7)12(10)17/h1-6,13H,(H2,15,18). The number of Topliss-reactive ketones (excluding diaryl/α,β-unsaturated/α-hetero) is 2. The molecule has 0 spiro atoms. The Kier molecular flexibility index (Phi) is 2.35. The molecule has 5 nitrogen and oxygen atoms in total. The molecule has 0 radical (unpaired) electrons. The lowest BCUT2D eigenvalue weighted by atomic mass is 9.81. The average Bonchev–Trinajstić information content (AvgIpc) is 2.44. The molecule has 1 aliphatic heterocycles. The van der Waals surface area contributed by atoms with Crippen LogP contribution in [0.2, 0.25) is 0 Å². The normalized spacial score (nSPS) is 20.7. The monoisotopic (exact) mass is 255 g/mol. The number of ketones is 2. The summed E-state index contributed by atoms with van der Waals surface area (Å²) in [4.78, 5) is 36.0. The quantitative estimate of drug-likeness (QED) is 0.802. The van der Waals surface area contributed by atoms with Gasteiger partial charge < -0.3 is 10.5 Å². The Hall–Kier alpha value is -2.69. The van der Waals surface area contributed by atoms with Crippen molar-refractivity contribution in [1.82, 2.24) is 0 Å². The number of hydrogen-bond acceptors (Lipinski definition) is 4. The van der Waals surface area contributed by atoms with Crippen molar-refractivity contribution >= 4 is 17.5 Å². The van der Waals surface area contributed by atoms with Crippen LogP contribution in [0.5, 0.6) is 0 Å². The molecule has 94 valence electrons. The Balaban J connectivity index is 2.24. The number of primary amides is 1. The van der Waals surface area contributed by atoms with Crippen molar-refractivity contribution in [1.29, 1.82) is 0 Å². The van der Waals surface area contributed by atoms with Crippen molar-refractivity contribution in [2.75, 3.05) is 0 Å². The van der Waals surface area contributed by atoms with Crippen LogP contribution in [0.15, 0.2) is 47.7 Å². The maximum Gasteiger partial charge on any atom is 0.263 e. The van der Waals surface area contributed by atoms with Crippen LogP contribution in [0.25, 0.3) is 0 Å². The predicted molar refractivity (Wildman–Crippen MR) is 65.3 cm³/mol. The van der Waals surface area contributed by atoms with Crippen molar-refractivity contribution in [3.8, 4) is 0 Å². The Morgan fingerprint density at radius 3 is 2.37 bits per heavy atom. The molecule has 0 aromatic heterocycles. The van der Waals surface area contributed by atoms with Crippen molar-refractivity contribution in [3.63, 3.8) is 0 Å². The van der Waals surface area contributed by atoms with Crippen LogP contribution in [-0.4, -0.2) is 23.6 Å². The van der Waals surface area contributed by atoms with Crippen molar-refractivity contribution in [2.45, 2.75) is 6.10 Å². The number of benzene rings is 1. The van der Waals surface area contributed by atoms with Crippen LogP contribution in [0.3, 0.4) is 0 Å². The van der Waals surface area contributed by atoms with Gasteiger partial charge in [0.1, 0.15) is 0 Å². The van der Waals surface area contributed by atoms with Gasteiger partial charge in [-0.25, -0.2) is 0 Å². The fourth-order valence-corrected chi connectivity index (χ4v) is 2.30. The molecule has 1 heterocycles. The van der Waals surface area contributed by atoms with Gasteiger partial charge in [0.05, 0.1) is 11.8 Å². The third-order valence-electron chi connectivity index (χ3n) is 3.17. The summed E-state index contributed by atoms with van der Waals surface area (Å²) in [6, 6.07) is 6.48. The van der Waals surface area contributed by atoms with Gasteiger partial charge >= 0.3 is 0 Å². The fourth-order valence-electron chi connectivity index (χ4n) is 2.30. The van der Waals surface area contributed by atoms with E-state index in [0.717, 1.165) is 0 Å². The van der Waals surface area contributed by atoms with E-state index in [4.69, 9.17) is 10.5 Å². The maximum atomic E-state index is 12.4. The summed E-state index contributed by atoms with van der Waals surface area (Å²) < 4.78 is 5.06. The van der Waals surface area contributed by atoms with Gasteiger partial charge in [0.25, 0.3) is 5.91 Å². The van der Waals surface area contributed by atoms with Gasteiger partial charge in [0.2, 0.25) is 6.10 Å². The summed E-state index contributed by atoms with van der Waals surface area (Å²) in [6.07, 6.45) is 1.41. The molecule has 0 saturated heterocycles. The minimum Gasteiger partial charge on any atom is -0.483 e. The molecule has 1 aromatic rings. The molecule has 1 amide bonds. The molecular weight excluding hydrogens is 246 g/mol. The first-order valence-electron chi connectivity index (χ1n) is 5.65. The largest absolute Gasteiger partial charge is 0.483 e. The van der Waals surface area contributed by atoms with Gasteiger partial charge in [-0.2, -0.15) is 0 Å². The van der Waals surface area contributed by atoms with Gasteiger partial charge in [-0.1, -0.05) is 24.3 Å². The third-order valence-corrected chi connectivity index (χ3v) is 3.17. The number of allylic oxidation sites excluding steroid dienone is 2. The number of amides is 1. The van der Waals surface area contributed by atoms with Gasteiger partial charge in [-0.15, -0.1) is 0 Å². The van der Waals surface area contributed by atoms with E-state index in [-0.39, 0.29) is 22.5 Å². The van der Waals surface area contributed by atoms with E-state index in [1.807, 2.05) is 0 Å². The molecule has 1 unspecified atom stereocenters. The molecular formula is C14H9NO4. The summed E-state index contributed by atoms with van der Waals surface area (Å²) in [5, 5.41) is 0. The highest BCUT2D eigenvalue weighted by atomic mass is 16.5. The first kappa shape index (κ1) is 11.4. The number of carbonyl (C=O) groups is 3. The van der Waals surface area contributed by atoms with Crippen LogP contribution in [0.4, 0.5) is 0 Å². The number of carbonyl (C=O) groups excluding carboxylic acids is 3. The van der Waals surface area contributed by atoms with E-state index < -0.39 is 17.8 Å². The summed E-state index contributed by atoms with van der Waals surface area (Å²) in [6.45, 7) is 0. The highest BCUT2D eigenvalue weighted by Gasteiger charge is 2.39. The summed E-state index contributed by atoms with van der Waals surface area (Å²) >= 11 is 0. The highest BCUT2D eigenvalue weighted by Crippen LogP contribution is 2.32. The summed E-state index contributed by atoms with van der Waals surface area (Å²) in [5.41, 5.74) is 6.02. The summed E-state index contributed by atoms with van der Waals surface area (Å²) in [7, 11) is 0. The Labute approximate surface area is 108 Å². The Bertz CT molecular complexity index is 684. The lowest BCUT2D eigenvalue weighted by molar-refractivity contribution is -0.124. The molecule has 1 atom stereocenters. The molecule has 0 saturated carbocycles. The highest BCUT2D eigenvalue weighted by molar-refractivity contribution is 6.29. The van der Waals surface area contributed by atoms with Crippen LogP contribution >= 0.6 is 0 Å². The van der Waals surface area contributed by atoms with E-state index in [9.17, 15) is 14.4 Å². The first-order valence-corrected chi connectivity index (χ1v) is 5.65. The van der Waals surface area contributed by atoms with E-state index in [0.29, 0.717) is 5.56 Å². The third kappa shape index (κ3) is 1.52. The van der Waals surface area contributed by atoms with Crippen LogP contribution in [-0.2, 0) is 9.53 Å². The van der Waals surface area contributed by atoms with E-state index >= 15 is 0 Å². The second kappa shape index (κ2) is 3.91. The zero-order valence-electron chi connectivity index (χ0n) is 9.75. The molecule has 0 fully saturated rings. The van der Waals surface area contributed by atoms with Crippen LogP contribution < -0.4 is 5.73 Å². The van der Waals surface area contributed by atoms with Gasteiger partial charge in [0, 0.05) is 16.7 Å². The topological polar surface area (TPSA) is 86.5 Å². The lowest BCUT2D eigenvalue weighted by Gasteiger charge is -2.26. The number of nitrogens with two attached hydrogens (primary N) is 1. The number of ether oxygens (including phenoxy) is 1. The Morgan fingerprint density at radius 2 is 1.74 bits per heavy atom. The van der Waals surface area contributed by atoms with Crippen molar-refractivity contribution < 1.29 is 19.1 Å². The minimum absolute atomic E-state index is 0.0266. The van der Waals surface area contributed by atoms with Crippen LogP contribution in [0.1, 0.15) is 20.7 Å². The smallest absolute Gasteiger partial charge is 0.263 e. The van der Waals surface area contributed by atoms with E-state index in [1.54, 1.807) is 24.3 Å². The van der Waals surface area contributed by atoms with Crippen molar-refractivity contribution in [3.05, 3.63) is 58.9 Å². The molecule has 3 rings (SSSR count). The second-order valence-corrected chi connectivity index (χ2v) is 4.25. The maximum absolute atomic E-state index is 12.4. The first-order chi connectivity index (χ1) is 9.11. The van der Waals surface area contributed by atoms with E-state index in [1.165, 1.54) is 12.3 Å². The lowest BCUT2D eigenvalue weighted by Crippen LogP contribution is -2.39. The van der Waals surface area contributed by atoms with Gasteiger partial charge in [-0.3, -0.25) is 14.4 Å². The molecule has 19 heavy (non-hydrogen) atoms. The number of rotatable bonds is 1. The van der Waals surface area contributed by atoms with Gasteiger partial charge in [0.15, 0.2) is 11.6 Å². The molecule has 2 aliphatic rings. The SMILES string of the molecule is NC(=O)C1OC=CC2=C1C(=O)c1ccccc1C2=O. The minimum atomic E-state index is -1.20. The molecule has 5 heteroatoms.